The third-order valence-electron chi connectivity index (χ3n) is 7.10. The molecule has 0 bridgehead atoms. The fourth-order valence-corrected chi connectivity index (χ4v) is 5.25. The number of anilines is 2. The average molecular weight is 438 g/mol. The highest BCUT2D eigenvalue weighted by molar-refractivity contribution is 5.91. The molecule has 0 aromatic heterocycles. The van der Waals surface area contributed by atoms with Crippen LogP contribution in [0.1, 0.15) is 25.0 Å². The molecule has 0 atom stereocenters. The Kier molecular flexibility index (Phi) is 4.85. The minimum absolute atomic E-state index is 0.0133. The third-order valence-corrected chi connectivity index (χ3v) is 7.10. The van der Waals surface area contributed by atoms with Crippen molar-refractivity contribution in [1.82, 2.24) is 0 Å². The summed E-state index contributed by atoms with van der Waals surface area (Å²) >= 11 is 0. The van der Waals surface area contributed by atoms with E-state index in [0.29, 0.717) is 0 Å². The Balaban J connectivity index is 1.28. The zero-order chi connectivity index (χ0) is 23.1. The average Bonchev–Trinajstić information content (AvgIpc) is 3.13. The van der Waals surface area contributed by atoms with Crippen molar-refractivity contribution in [2.24, 2.45) is 0 Å². The molecule has 0 spiro atoms. The minimum Gasteiger partial charge on any atom is -0.355 e. The van der Waals surface area contributed by atoms with Crippen molar-refractivity contribution in [3.05, 3.63) is 132 Å². The second kappa shape index (κ2) is 8.04. The fourth-order valence-electron chi connectivity index (χ4n) is 5.25. The van der Waals surface area contributed by atoms with E-state index in [1.165, 1.54) is 44.5 Å². The monoisotopic (exact) mass is 437 g/mol. The zero-order valence-electron chi connectivity index (χ0n) is 19.5. The van der Waals surface area contributed by atoms with Gasteiger partial charge in [-0.1, -0.05) is 117 Å². The minimum atomic E-state index is 0.0133. The van der Waals surface area contributed by atoms with Gasteiger partial charge >= 0.3 is 0 Å². The van der Waals surface area contributed by atoms with Crippen LogP contribution in [0.3, 0.4) is 0 Å². The molecule has 5 aromatic rings. The third kappa shape index (κ3) is 3.41. The summed E-state index contributed by atoms with van der Waals surface area (Å²) < 4.78 is 0. The van der Waals surface area contributed by atoms with Gasteiger partial charge in [-0.05, 0) is 57.1 Å². The number of benzene rings is 5. The van der Waals surface area contributed by atoms with Gasteiger partial charge in [-0.15, -0.1) is 0 Å². The van der Waals surface area contributed by atoms with Gasteiger partial charge in [-0.2, -0.15) is 0 Å². The Bertz CT molecular complexity index is 1460. The van der Waals surface area contributed by atoms with Gasteiger partial charge < -0.3 is 5.32 Å². The van der Waals surface area contributed by atoms with Crippen LogP contribution in [0.15, 0.2) is 121 Å². The second-order valence-electron chi connectivity index (χ2n) is 9.54. The van der Waals surface area contributed by atoms with E-state index in [2.05, 4.69) is 140 Å². The lowest BCUT2D eigenvalue weighted by atomic mass is 9.82. The first-order valence-electron chi connectivity index (χ1n) is 11.9. The van der Waals surface area contributed by atoms with Crippen LogP contribution in [0.25, 0.3) is 33.4 Å². The highest BCUT2D eigenvalue weighted by atomic mass is 14.9. The number of nitrogens with one attached hydrogen (secondary N) is 1. The highest BCUT2D eigenvalue weighted by Crippen LogP contribution is 2.51. The van der Waals surface area contributed by atoms with E-state index in [4.69, 9.17) is 0 Å². The molecule has 34 heavy (non-hydrogen) atoms. The van der Waals surface area contributed by atoms with Gasteiger partial charge in [0.2, 0.25) is 0 Å². The molecular weight excluding hydrogens is 410 g/mol. The first kappa shape index (κ1) is 20.5. The topological polar surface area (TPSA) is 12.0 Å². The van der Waals surface area contributed by atoms with Crippen molar-refractivity contribution < 1.29 is 0 Å². The summed E-state index contributed by atoms with van der Waals surface area (Å²) in [6, 6.07) is 43.5. The molecule has 1 N–H and O–H groups in total. The number of fused-ring (bicyclic) bond motifs is 3. The smallest absolute Gasteiger partial charge is 0.0467 e. The molecule has 0 saturated heterocycles. The van der Waals surface area contributed by atoms with Gasteiger partial charge in [-0.25, -0.2) is 0 Å². The summed E-state index contributed by atoms with van der Waals surface area (Å²) in [5.41, 5.74) is 12.6. The van der Waals surface area contributed by atoms with Gasteiger partial charge in [0.1, 0.15) is 0 Å². The quantitative estimate of drug-likeness (QED) is 0.296. The Morgan fingerprint density at radius 1 is 0.471 bits per heavy atom. The zero-order valence-corrected chi connectivity index (χ0v) is 19.5. The van der Waals surface area contributed by atoms with Crippen LogP contribution in [0.4, 0.5) is 11.4 Å². The van der Waals surface area contributed by atoms with Crippen LogP contribution in [0.5, 0.6) is 0 Å². The lowest BCUT2D eigenvalue weighted by Crippen LogP contribution is -2.14. The molecule has 1 aliphatic carbocycles. The SMILES string of the molecule is CC1(C)c2ccccc2-c2c(Nc3ccc(-c4ccc(-c5ccccc5)cc4)cc3)cccc21. The molecule has 0 radical (unpaired) electrons. The van der Waals surface area contributed by atoms with Crippen molar-refractivity contribution in [2.75, 3.05) is 5.32 Å². The van der Waals surface area contributed by atoms with E-state index in [0.717, 1.165) is 11.4 Å². The van der Waals surface area contributed by atoms with Crippen molar-refractivity contribution in [1.29, 1.82) is 0 Å². The first-order chi connectivity index (χ1) is 16.6. The first-order valence-corrected chi connectivity index (χ1v) is 11.9. The summed E-state index contributed by atoms with van der Waals surface area (Å²) in [7, 11) is 0. The lowest BCUT2D eigenvalue weighted by Gasteiger charge is -2.21. The van der Waals surface area contributed by atoms with Crippen LogP contribution < -0.4 is 5.32 Å². The summed E-state index contributed by atoms with van der Waals surface area (Å²) in [5, 5.41) is 3.69. The summed E-state index contributed by atoms with van der Waals surface area (Å²) in [6.07, 6.45) is 0. The van der Waals surface area contributed by atoms with Gasteiger partial charge in [0, 0.05) is 22.4 Å². The largest absolute Gasteiger partial charge is 0.355 e. The van der Waals surface area contributed by atoms with Crippen molar-refractivity contribution in [3.8, 4) is 33.4 Å². The Labute approximate surface area is 201 Å². The normalized spacial score (nSPS) is 13.2. The number of hydrogen-bond acceptors (Lipinski definition) is 1. The molecule has 0 unspecified atom stereocenters. The predicted molar refractivity (Wildman–Crippen MR) is 145 cm³/mol. The molecule has 0 fully saturated rings. The van der Waals surface area contributed by atoms with Crippen LogP contribution >= 0.6 is 0 Å². The molecule has 0 saturated carbocycles. The molecule has 0 heterocycles. The lowest BCUT2D eigenvalue weighted by molar-refractivity contribution is 0.660. The highest BCUT2D eigenvalue weighted by Gasteiger charge is 2.36. The fraction of sp³-hybridized carbons (Fsp3) is 0.0909. The summed E-state index contributed by atoms with van der Waals surface area (Å²) in [4.78, 5) is 0. The maximum Gasteiger partial charge on any atom is 0.0467 e. The summed E-state index contributed by atoms with van der Waals surface area (Å²) in [6.45, 7) is 4.64. The van der Waals surface area contributed by atoms with Gasteiger partial charge in [-0.3, -0.25) is 0 Å². The maximum atomic E-state index is 3.69. The second-order valence-corrected chi connectivity index (χ2v) is 9.54. The van der Waals surface area contributed by atoms with E-state index in [9.17, 15) is 0 Å². The molecule has 0 amide bonds. The maximum absolute atomic E-state index is 3.69. The van der Waals surface area contributed by atoms with Crippen LogP contribution in [0.2, 0.25) is 0 Å². The predicted octanol–water partition coefficient (Wildman–Crippen LogP) is 9.07. The van der Waals surface area contributed by atoms with Crippen molar-refractivity contribution in [2.45, 2.75) is 19.3 Å². The van der Waals surface area contributed by atoms with E-state index in [-0.39, 0.29) is 5.41 Å². The Hall–Kier alpha value is -4.10. The standard InChI is InChI=1S/C33H27N/c1-33(2)29-12-7-6-11-28(29)32-30(33)13-8-14-31(32)34-27-21-19-26(20-22-27)25-17-15-24(16-18-25)23-9-4-3-5-10-23/h3-22,34H,1-2H3. The van der Waals surface area contributed by atoms with Crippen molar-refractivity contribution >= 4 is 11.4 Å². The number of rotatable bonds is 4. The van der Waals surface area contributed by atoms with Crippen LogP contribution in [0, 0.1) is 0 Å². The molecule has 0 aliphatic heterocycles. The molecule has 5 aromatic carbocycles. The molecular formula is C33H27N. The number of hydrogen-bond donors (Lipinski definition) is 1. The van der Waals surface area contributed by atoms with E-state index in [1.807, 2.05) is 0 Å². The van der Waals surface area contributed by atoms with Gasteiger partial charge in [0.25, 0.3) is 0 Å². The van der Waals surface area contributed by atoms with Gasteiger partial charge in [0.05, 0.1) is 0 Å². The Morgan fingerprint density at radius 2 is 1.00 bits per heavy atom. The Morgan fingerprint density at radius 3 is 1.68 bits per heavy atom. The molecule has 1 heteroatoms. The summed E-state index contributed by atoms with van der Waals surface area (Å²) in [5.74, 6) is 0. The molecule has 1 nitrogen and oxygen atoms in total. The molecule has 164 valence electrons. The van der Waals surface area contributed by atoms with Crippen molar-refractivity contribution in [3.63, 3.8) is 0 Å². The van der Waals surface area contributed by atoms with Crippen LogP contribution in [-0.4, -0.2) is 0 Å². The van der Waals surface area contributed by atoms with E-state index in [1.54, 1.807) is 0 Å². The molecule has 6 rings (SSSR count). The molecule has 1 aliphatic rings. The van der Waals surface area contributed by atoms with E-state index >= 15 is 0 Å². The van der Waals surface area contributed by atoms with E-state index < -0.39 is 0 Å². The van der Waals surface area contributed by atoms with Gasteiger partial charge in [0.15, 0.2) is 0 Å². The van der Waals surface area contributed by atoms with Crippen LogP contribution in [-0.2, 0) is 5.41 Å².